The van der Waals surface area contributed by atoms with E-state index in [0.29, 0.717) is 5.69 Å². The monoisotopic (exact) mass is 289 g/mol. The molecule has 108 valence electrons. The van der Waals surface area contributed by atoms with Crippen LogP contribution < -0.4 is 5.43 Å². The molecule has 0 fully saturated rings. The van der Waals surface area contributed by atoms with Crippen molar-refractivity contribution in [1.82, 2.24) is 15.6 Å². The van der Waals surface area contributed by atoms with Crippen LogP contribution in [0.5, 0.6) is 5.75 Å². The maximum absolute atomic E-state index is 11.6. The van der Waals surface area contributed by atoms with E-state index in [0.717, 1.165) is 12.3 Å². The second-order valence-electron chi connectivity index (χ2n) is 4.14. The lowest BCUT2D eigenvalue weighted by Gasteiger charge is -1.98. The van der Waals surface area contributed by atoms with Crippen molar-refractivity contribution in [2.45, 2.75) is 6.92 Å². The minimum absolute atomic E-state index is 0.0681. The van der Waals surface area contributed by atoms with Crippen molar-refractivity contribution < 1.29 is 14.8 Å². The number of phenols is 1. The molecule has 0 aliphatic rings. The summed E-state index contributed by atoms with van der Waals surface area (Å²) < 4.78 is 0. The second-order valence-corrected chi connectivity index (χ2v) is 4.14. The number of nitro benzene ring substituents is 1. The Bertz CT molecular complexity index is 722. The van der Waals surface area contributed by atoms with Crippen LogP contribution in [0.1, 0.15) is 21.7 Å². The molecule has 0 radical (unpaired) electrons. The summed E-state index contributed by atoms with van der Waals surface area (Å²) in [4.78, 5) is 21.8. The number of nitrogens with zero attached hydrogens (tertiary/aromatic N) is 3. The highest BCUT2D eigenvalue weighted by Crippen LogP contribution is 2.21. The Morgan fingerprint density at radius 3 is 2.90 bits per heavy atom. The summed E-state index contributed by atoms with van der Waals surface area (Å²) in [6, 6.07) is 5.05. The molecule has 0 atom stereocenters. The SMILES string of the molecule is Cc1cc(C(=O)N/N=C/c2cc(O)ccc2[N+](=O)[O-])n[nH]1. The van der Waals surface area contributed by atoms with Crippen LogP contribution in [-0.4, -0.2) is 32.3 Å². The van der Waals surface area contributed by atoms with Gasteiger partial charge in [-0.05, 0) is 25.1 Å². The Balaban J connectivity index is 2.13. The molecule has 9 heteroatoms. The van der Waals surface area contributed by atoms with E-state index < -0.39 is 10.8 Å². The van der Waals surface area contributed by atoms with Gasteiger partial charge in [0.15, 0.2) is 5.69 Å². The van der Waals surface area contributed by atoms with E-state index in [-0.39, 0.29) is 22.7 Å². The van der Waals surface area contributed by atoms with Gasteiger partial charge in [0.1, 0.15) is 5.75 Å². The van der Waals surface area contributed by atoms with Crippen LogP contribution in [0.2, 0.25) is 0 Å². The summed E-state index contributed by atoms with van der Waals surface area (Å²) in [5.41, 5.74) is 2.89. The maximum Gasteiger partial charge on any atom is 0.291 e. The van der Waals surface area contributed by atoms with Crippen LogP contribution in [0, 0.1) is 17.0 Å². The van der Waals surface area contributed by atoms with Crippen LogP contribution in [0.25, 0.3) is 0 Å². The van der Waals surface area contributed by atoms with Gasteiger partial charge in [-0.1, -0.05) is 0 Å². The first kappa shape index (κ1) is 14.2. The number of rotatable bonds is 4. The number of benzene rings is 1. The third-order valence-electron chi connectivity index (χ3n) is 2.52. The second kappa shape index (κ2) is 5.82. The Morgan fingerprint density at radius 2 is 2.29 bits per heavy atom. The van der Waals surface area contributed by atoms with Crippen molar-refractivity contribution in [1.29, 1.82) is 0 Å². The number of aromatic amines is 1. The van der Waals surface area contributed by atoms with E-state index in [2.05, 4.69) is 20.7 Å². The van der Waals surface area contributed by atoms with Crippen molar-refractivity contribution in [3.63, 3.8) is 0 Å². The highest BCUT2D eigenvalue weighted by Gasteiger charge is 2.13. The van der Waals surface area contributed by atoms with E-state index in [1.807, 2.05) is 0 Å². The smallest absolute Gasteiger partial charge is 0.291 e. The number of aromatic nitrogens is 2. The van der Waals surface area contributed by atoms with Crippen LogP contribution in [0.3, 0.4) is 0 Å². The van der Waals surface area contributed by atoms with Gasteiger partial charge in [-0.15, -0.1) is 0 Å². The predicted molar refractivity (Wildman–Crippen MR) is 73.1 cm³/mol. The molecule has 2 aromatic rings. The molecule has 21 heavy (non-hydrogen) atoms. The zero-order valence-corrected chi connectivity index (χ0v) is 10.9. The quantitative estimate of drug-likeness (QED) is 0.440. The lowest BCUT2D eigenvalue weighted by atomic mass is 10.2. The molecule has 0 bridgehead atoms. The van der Waals surface area contributed by atoms with E-state index in [9.17, 15) is 20.0 Å². The van der Waals surface area contributed by atoms with Gasteiger partial charge in [0, 0.05) is 11.8 Å². The molecule has 0 aliphatic heterocycles. The molecule has 0 saturated carbocycles. The average Bonchev–Trinajstić information content (AvgIpc) is 2.85. The number of hydrazone groups is 1. The largest absolute Gasteiger partial charge is 0.508 e. The molecule has 0 aliphatic carbocycles. The molecule has 9 nitrogen and oxygen atoms in total. The normalized spacial score (nSPS) is 10.7. The molecule has 1 amide bonds. The Morgan fingerprint density at radius 1 is 1.52 bits per heavy atom. The number of hydrogen-bond donors (Lipinski definition) is 3. The van der Waals surface area contributed by atoms with Crippen molar-refractivity contribution in [2.24, 2.45) is 5.10 Å². The topological polar surface area (TPSA) is 134 Å². The lowest BCUT2D eigenvalue weighted by molar-refractivity contribution is -0.385. The van der Waals surface area contributed by atoms with Gasteiger partial charge in [0.25, 0.3) is 11.6 Å². The average molecular weight is 289 g/mol. The number of H-pyrrole nitrogens is 1. The van der Waals surface area contributed by atoms with Crippen LogP contribution >= 0.6 is 0 Å². The highest BCUT2D eigenvalue weighted by atomic mass is 16.6. The molecule has 1 aromatic heterocycles. The van der Waals surface area contributed by atoms with Crippen molar-refractivity contribution in [2.75, 3.05) is 0 Å². The van der Waals surface area contributed by atoms with E-state index in [4.69, 9.17) is 0 Å². The molecule has 0 saturated heterocycles. The minimum atomic E-state index is -0.611. The first-order valence-corrected chi connectivity index (χ1v) is 5.80. The first-order valence-electron chi connectivity index (χ1n) is 5.80. The Labute approximate surface area is 118 Å². The fourth-order valence-corrected chi connectivity index (χ4v) is 1.56. The van der Waals surface area contributed by atoms with Crippen LogP contribution in [-0.2, 0) is 0 Å². The number of amides is 1. The van der Waals surface area contributed by atoms with Crippen LogP contribution in [0.4, 0.5) is 5.69 Å². The van der Waals surface area contributed by atoms with Gasteiger partial charge in [-0.2, -0.15) is 10.2 Å². The van der Waals surface area contributed by atoms with Gasteiger partial charge in [-0.25, -0.2) is 5.43 Å². The highest BCUT2D eigenvalue weighted by molar-refractivity contribution is 5.93. The standard InChI is InChI=1S/C12H11N5O4/c1-7-4-10(15-14-7)12(19)16-13-6-8-5-9(18)2-3-11(8)17(20)21/h2-6,18H,1H3,(H,14,15)(H,16,19)/b13-6+. The van der Waals surface area contributed by atoms with Gasteiger partial charge >= 0.3 is 0 Å². The third kappa shape index (κ3) is 3.41. The molecule has 0 spiro atoms. The van der Waals surface area contributed by atoms with Crippen molar-refractivity contribution >= 4 is 17.8 Å². The van der Waals surface area contributed by atoms with Crippen molar-refractivity contribution in [3.8, 4) is 5.75 Å². The van der Waals surface area contributed by atoms with Gasteiger partial charge in [0.2, 0.25) is 0 Å². The summed E-state index contributed by atoms with van der Waals surface area (Å²) in [6.07, 6.45) is 1.08. The fraction of sp³-hybridized carbons (Fsp3) is 0.0833. The summed E-state index contributed by atoms with van der Waals surface area (Å²) >= 11 is 0. The molecular formula is C12H11N5O4. The number of carbonyl (C=O) groups is 1. The minimum Gasteiger partial charge on any atom is -0.508 e. The number of hydrogen-bond acceptors (Lipinski definition) is 6. The van der Waals surface area contributed by atoms with Gasteiger partial charge in [0.05, 0.1) is 16.7 Å². The van der Waals surface area contributed by atoms with Gasteiger partial charge in [-0.3, -0.25) is 20.0 Å². The summed E-state index contributed by atoms with van der Waals surface area (Å²) in [7, 11) is 0. The van der Waals surface area contributed by atoms with Gasteiger partial charge < -0.3 is 5.11 Å². The zero-order valence-electron chi connectivity index (χ0n) is 10.9. The number of phenolic OH excluding ortho intramolecular Hbond substituents is 1. The maximum atomic E-state index is 11.6. The summed E-state index contributed by atoms with van der Waals surface area (Å²) in [5, 5.41) is 30.1. The molecule has 3 N–H and O–H groups in total. The van der Waals surface area contributed by atoms with Crippen molar-refractivity contribution in [3.05, 3.63) is 51.3 Å². The molecule has 0 unspecified atom stereocenters. The summed E-state index contributed by atoms with van der Waals surface area (Å²) in [6.45, 7) is 1.74. The van der Waals surface area contributed by atoms with E-state index in [1.54, 1.807) is 6.92 Å². The van der Waals surface area contributed by atoms with Crippen LogP contribution in [0.15, 0.2) is 29.4 Å². The predicted octanol–water partition coefficient (Wildman–Crippen LogP) is 1.10. The van der Waals surface area contributed by atoms with E-state index in [1.165, 1.54) is 18.2 Å². The zero-order chi connectivity index (χ0) is 15.4. The van der Waals surface area contributed by atoms with E-state index >= 15 is 0 Å². The third-order valence-corrected chi connectivity index (χ3v) is 2.52. The number of nitrogens with one attached hydrogen (secondary N) is 2. The Kier molecular flexibility index (Phi) is 3.93. The molecule has 2 rings (SSSR count). The molecular weight excluding hydrogens is 278 g/mol. The molecule has 1 heterocycles. The number of carbonyl (C=O) groups excluding carboxylic acids is 1. The number of aromatic hydroxyl groups is 1. The number of nitro groups is 1. The molecule has 1 aromatic carbocycles. The number of aryl methyl sites for hydroxylation is 1. The fourth-order valence-electron chi connectivity index (χ4n) is 1.56. The first-order chi connectivity index (χ1) is 9.97. The summed E-state index contributed by atoms with van der Waals surface area (Å²) in [5.74, 6) is -0.699. The Hall–Kier alpha value is -3.23. The lowest BCUT2D eigenvalue weighted by Crippen LogP contribution is -2.18.